The summed E-state index contributed by atoms with van der Waals surface area (Å²) in [6.07, 6.45) is 0. The zero-order valence-electron chi connectivity index (χ0n) is 10.5. The van der Waals surface area contributed by atoms with Gasteiger partial charge in [-0.25, -0.2) is 0 Å². The molecule has 1 aromatic rings. The second-order valence-corrected chi connectivity index (χ2v) is 4.79. The molecule has 1 heterocycles. The van der Waals surface area contributed by atoms with Crippen LogP contribution in [0.2, 0.25) is 0 Å². The number of rotatable bonds is 3. The van der Waals surface area contributed by atoms with Crippen molar-refractivity contribution in [2.45, 2.75) is 6.04 Å². The second kappa shape index (κ2) is 7.19. The van der Waals surface area contributed by atoms with Gasteiger partial charge in [0.05, 0.1) is 14.2 Å². The van der Waals surface area contributed by atoms with Crippen molar-refractivity contribution in [1.82, 2.24) is 10.6 Å². The van der Waals surface area contributed by atoms with E-state index in [9.17, 15) is 0 Å². The smallest absolute Gasteiger partial charge is 0.161 e. The minimum Gasteiger partial charge on any atom is -0.493 e. The van der Waals surface area contributed by atoms with Gasteiger partial charge in [-0.1, -0.05) is 15.9 Å². The van der Waals surface area contributed by atoms with Crippen molar-refractivity contribution in [1.29, 1.82) is 0 Å². The molecule has 0 unspecified atom stereocenters. The van der Waals surface area contributed by atoms with E-state index in [0.717, 1.165) is 35.6 Å². The summed E-state index contributed by atoms with van der Waals surface area (Å²) in [4.78, 5) is 0. The molecule has 6 heteroatoms. The molecule has 2 rings (SSSR count). The highest BCUT2D eigenvalue weighted by Crippen LogP contribution is 2.36. The molecule has 0 bridgehead atoms. The highest BCUT2D eigenvalue weighted by atomic mass is 79.9. The van der Waals surface area contributed by atoms with E-state index in [1.807, 2.05) is 12.1 Å². The summed E-state index contributed by atoms with van der Waals surface area (Å²) in [5.41, 5.74) is 1.19. The molecule has 0 spiro atoms. The number of piperazine rings is 1. The molecule has 1 aromatic carbocycles. The molecule has 1 aliphatic rings. The standard InChI is InChI=1S/C12H17BrN2O2.ClH/c1-16-11-5-8(9(13)6-12(11)17-2)10-7-14-3-4-15-10;/h5-6,10,14-15H,3-4,7H2,1-2H3;1H/t10-;/m1./s1. The third kappa shape index (κ3) is 3.29. The minimum atomic E-state index is 0. The van der Waals surface area contributed by atoms with Gasteiger partial charge >= 0.3 is 0 Å². The molecule has 102 valence electrons. The number of hydrogen-bond acceptors (Lipinski definition) is 4. The van der Waals surface area contributed by atoms with E-state index in [1.54, 1.807) is 14.2 Å². The highest BCUT2D eigenvalue weighted by Gasteiger charge is 2.19. The Kier molecular flexibility index (Phi) is 6.21. The zero-order chi connectivity index (χ0) is 12.3. The van der Waals surface area contributed by atoms with Crippen LogP contribution in [0.5, 0.6) is 11.5 Å². The van der Waals surface area contributed by atoms with Gasteiger partial charge in [0.15, 0.2) is 11.5 Å². The molecule has 2 N–H and O–H groups in total. The van der Waals surface area contributed by atoms with Crippen LogP contribution in [-0.2, 0) is 0 Å². The van der Waals surface area contributed by atoms with Crippen LogP contribution < -0.4 is 20.1 Å². The monoisotopic (exact) mass is 336 g/mol. The Hall–Kier alpha value is -0.490. The summed E-state index contributed by atoms with van der Waals surface area (Å²) in [5.74, 6) is 1.50. The Labute approximate surface area is 122 Å². The van der Waals surface area contributed by atoms with Gasteiger partial charge in [0, 0.05) is 30.1 Å². The van der Waals surface area contributed by atoms with Crippen LogP contribution >= 0.6 is 28.3 Å². The first-order chi connectivity index (χ1) is 8.26. The van der Waals surface area contributed by atoms with E-state index in [4.69, 9.17) is 9.47 Å². The molecule has 1 aliphatic heterocycles. The number of halogens is 2. The first-order valence-electron chi connectivity index (χ1n) is 5.61. The molecular formula is C12H18BrClN2O2. The largest absolute Gasteiger partial charge is 0.493 e. The van der Waals surface area contributed by atoms with Gasteiger partial charge in [0.2, 0.25) is 0 Å². The second-order valence-electron chi connectivity index (χ2n) is 3.94. The predicted molar refractivity (Wildman–Crippen MR) is 78.1 cm³/mol. The lowest BCUT2D eigenvalue weighted by atomic mass is 10.0. The Balaban J connectivity index is 0.00000162. The lowest BCUT2D eigenvalue weighted by molar-refractivity contribution is 0.352. The van der Waals surface area contributed by atoms with Gasteiger partial charge in [-0.05, 0) is 17.7 Å². The molecule has 0 radical (unpaired) electrons. The average Bonchev–Trinajstić information content (AvgIpc) is 2.39. The van der Waals surface area contributed by atoms with Crippen LogP contribution in [0.3, 0.4) is 0 Å². The Bertz CT molecular complexity index is 398. The topological polar surface area (TPSA) is 42.5 Å². The van der Waals surface area contributed by atoms with Crippen LogP contribution in [0.15, 0.2) is 16.6 Å². The van der Waals surface area contributed by atoms with Gasteiger partial charge in [-0.2, -0.15) is 0 Å². The summed E-state index contributed by atoms with van der Waals surface area (Å²) < 4.78 is 11.6. The molecule has 1 fully saturated rings. The number of hydrogen-bond donors (Lipinski definition) is 2. The third-order valence-electron chi connectivity index (χ3n) is 2.92. The molecule has 0 saturated carbocycles. The third-order valence-corrected chi connectivity index (χ3v) is 3.61. The van der Waals surface area contributed by atoms with Crippen LogP contribution in [0.25, 0.3) is 0 Å². The van der Waals surface area contributed by atoms with Crippen LogP contribution in [0.1, 0.15) is 11.6 Å². The van der Waals surface area contributed by atoms with Crippen molar-refractivity contribution in [2.75, 3.05) is 33.9 Å². The van der Waals surface area contributed by atoms with Crippen LogP contribution in [0, 0.1) is 0 Å². The van der Waals surface area contributed by atoms with Crippen LogP contribution in [-0.4, -0.2) is 33.9 Å². The molecule has 18 heavy (non-hydrogen) atoms. The highest BCUT2D eigenvalue weighted by molar-refractivity contribution is 9.10. The van der Waals surface area contributed by atoms with Crippen LogP contribution in [0.4, 0.5) is 0 Å². The summed E-state index contributed by atoms with van der Waals surface area (Å²) in [7, 11) is 3.30. The molecule has 4 nitrogen and oxygen atoms in total. The summed E-state index contributed by atoms with van der Waals surface area (Å²) in [6, 6.07) is 4.27. The predicted octanol–water partition coefficient (Wildman–Crippen LogP) is 2.12. The number of ether oxygens (including phenoxy) is 2. The van der Waals surface area contributed by atoms with E-state index in [-0.39, 0.29) is 12.4 Å². The molecule has 0 amide bonds. The van der Waals surface area contributed by atoms with Crippen molar-refractivity contribution < 1.29 is 9.47 Å². The fourth-order valence-electron chi connectivity index (χ4n) is 2.01. The first kappa shape index (κ1) is 15.6. The minimum absolute atomic E-state index is 0. The van der Waals surface area contributed by atoms with Gasteiger partial charge in [0.25, 0.3) is 0 Å². The van der Waals surface area contributed by atoms with Gasteiger partial charge in [-0.3, -0.25) is 0 Å². The maximum absolute atomic E-state index is 5.33. The number of nitrogens with one attached hydrogen (secondary N) is 2. The maximum atomic E-state index is 5.33. The number of benzene rings is 1. The van der Waals surface area contributed by atoms with Crippen molar-refractivity contribution in [3.63, 3.8) is 0 Å². The fraction of sp³-hybridized carbons (Fsp3) is 0.500. The SMILES string of the molecule is COc1cc(Br)c([C@H]2CNCCN2)cc1OC.Cl. The van der Waals surface area contributed by atoms with Gasteiger partial charge in [-0.15, -0.1) is 12.4 Å². The van der Waals surface area contributed by atoms with Crippen molar-refractivity contribution in [3.05, 3.63) is 22.2 Å². The van der Waals surface area contributed by atoms with E-state index in [2.05, 4.69) is 26.6 Å². The normalized spacial score (nSPS) is 18.9. The van der Waals surface area contributed by atoms with Gasteiger partial charge in [0.1, 0.15) is 0 Å². The summed E-state index contributed by atoms with van der Waals surface area (Å²) in [6.45, 7) is 2.92. The van der Waals surface area contributed by atoms with E-state index >= 15 is 0 Å². The van der Waals surface area contributed by atoms with E-state index in [0.29, 0.717) is 6.04 Å². The van der Waals surface area contributed by atoms with Crippen molar-refractivity contribution in [2.24, 2.45) is 0 Å². The summed E-state index contributed by atoms with van der Waals surface area (Å²) in [5, 5.41) is 6.85. The lowest BCUT2D eigenvalue weighted by Gasteiger charge is -2.26. The Morgan fingerprint density at radius 1 is 1.17 bits per heavy atom. The summed E-state index contributed by atoms with van der Waals surface area (Å²) >= 11 is 3.58. The van der Waals surface area contributed by atoms with E-state index in [1.165, 1.54) is 5.56 Å². The molecule has 1 saturated heterocycles. The number of methoxy groups -OCH3 is 2. The van der Waals surface area contributed by atoms with Gasteiger partial charge < -0.3 is 20.1 Å². The van der Waals surface area contributed by atoms with E-state index < -0.39 is 0 Å². The molecular weight excluding hydrogens is 320 g/mol. The average molecular weight is 338 g/mol. The van der Waals surface area contributed by atoms with Crippen molar-refractivity contribution >= 4 is 28.3 Å². The fourth-order valence-corrected chi connectivity index (χ4v) is 2.61. The van der Waals surface area contributed by atoms with Crippen molar-refractivity contribution in [3.8, 4) is 11.5 Å². The zero-order valence-corrected chi connectivity index (χ0v) is 12.9. The first-order valence-corrected chi connectivity index (χ1v) is 6.41. The lowest BCUT2D eigenvalue weighted by Crippen LogP contribution is -2.42. The maximum Gasteiger partial charge on any atom is 0.161 e. The molecule has 0 aromatic heterocycles. The quantitative estimate of drug-likeness (QED) is 0.887. The molecule has 1 atom stereocenters. The Morgan fingerprint density at radius 3 is 2.39 bits per heavy atom. The molecule has 0 aliphatic carbocycles. The Morgan fingerprint density at radius 2 is 1.83 bits per heavy atom.